The molecular weight excluding hydrogens is 398 g/mol. The molecule has 2 aromatic heterocycles. The van der Waals surface area contributed by atoms with E-state index >= 15 is 0 Å². The predicted octanol–water partition coefficient (Wildman–Crippen LogP) is 3.91. The van der Waals surface area contributed by atoms with Crippen molar-refractivity contribution in [3.05, 3.63) is 81.1 Å². The van der Waals surface area contributed by atoms with Crippen LogP contribution in [0.1, 0.15) is 39.4 Å². The second-order valence-electron chi connectivity index (χ2n) is 7.66. The van der Waals surface area contributed by atoms with Gasteiger partial charge in [0.25, 0.3) is 11.5 Å². The Hall–Kier alpha value is -3.58. The highest BCUT2D eigenvalue weighted by molar-refractivity contribution is 7.23. The maximum absolute atomic E-state index is 13.3. The van der Waals surface area contributed by atoms with Gasteiger partial charge in [-0.2, -0.15) is 4.98 Å². The molecule has 0 aliphatic carbocycles. The molecule has 0 fully saturated rings. The number of hydrogen-bond acceptors (Lipinski definition) is 5. The highest BCUT2D eigenvalue weighted by Gasteiger charge is 2.37. The number of benzene rings is 2. The first-order valence-electron chi connectivity index (χ1n) is 9.63. The quantitative estimate of drug-likeness (QED) is 0.452. The molecule has 1 atom stereocenters. The molecule has 146 valence electrons. The van der Waals surface area contributed by atoms with E-state index in [1.54, 1.807) is 16.7 Å². The van der Waals surface area contributed by atoms with Crippen LogP contribution in [0, 0.1) is 6.92 Å². The molecule has 0 radical (unpaired) electrons. The zero-order valence-electron chi connectivity index (χ0n) is 15.9. The van der Waals surface area contributed by atoms with Gasteiger partial charge in [-0.05, 0) is 18.6 Å². The molecule has 7 heteroatoms. The van der Waals surface area contributed by atoms with Crippen LogP contribution < -0.4 is 10.9 Å². The summed E-state index contributed by atoms with van der Waals surface area (Å²) in [4.78, 5) is 42.9. The molecule has 6 nitrogen and oxygen atoms in total. The van der Waals surface area contributed by atoms with Crippen LogP contribution in [0.3, 0.4) is 0 Å². The van der Waals surface area contributed by atoms with Crippen molar-refractivity contribution in [2.24, 2.45) is 0 Å². The highest BCUT2D eigenvalue weighted by atomic mass is 32.1. The molecule has 1 unspecified atom stereocenters. The average Bonchev–Trinajstić information content (AvgIpc) is 3.25. The van der Waals surface area contributed by atoms with Gasteiger partial charge in [-0.15, -0.1) is 11.3 Å². The Labute approximate surface area is 174 Å². The van der Waals surface area contributed by atoms with Gasteiger partial charge in [0.1, 0.15) is 9.70 Å². The summed E-state index contributed by atoms with van der Waals surface area (Å²) in [5.74, 6) is -0.166. The third kappa shape index (κ3) is 2.23. The van der Waals surface area contributed by atoms with Crippen LogP contribution in [0.15, 0.2) is 53.3 Å². The molecular formula is C23H15N3O3S. The molecule has 2 aromatic carbocycles. The Morgan fingerprint density at radius 3 is 2.53 bits per heavy atom. The minimum absolute atomic E-state index is 0.101. The maximum Gasteiger partial charge on any atom is 0.291 e. The van der Waals surface area contributed by atoms with Gasteiger partial charge in [0.2, 0.25) is 5.91 Å². The fraction of sp³-hybridized carbons (Fsp3) is 0.130. The summed E-state index contributed by atoms with van der Waals surface area (Å²) in [5, 5.41) is 3.52. The molecule has 4 heterocycles. The first kappa shape index (κ1) is 17.3. The maximum atomic E-state index is 13.3. The largest absolute Gasteiger partial charge is 0.317 e. The Bertz CT molecular complexity index is 1460. The third-order valence-corrected chi connectivity index (χ3v) is 6.93. The number of carbonyl (C=O) groups is 2. The van der Waals surface area contributed by atoms with Crippen molar-refractivity contribution < 1.29 is 9.59 Å². The topological polar surface area (TPSA) is 81.1 Å². The molecule has 1 amide bonds. The number of carbonyl (C=O) groups excluding carboxylic acids is 2. The molecule has 0 saturated carbocycles. The summed E-state index contributed by atoms with van der Waals surface area (Å²) in [7, 11) is 0. The number of nitrogens with one attached hydrogen (secondary N) is 1. The SMILES string of the molecule is Cc1ccc(C2CC(=O)Nc3sc4c(=O)nc5n(c4c32)C(=O)c2ccccc2-5)cc1. The molecule has 30 heavy (non-hydrogen) atoms. The fourth-order valence-corrected chi connectivity index (χ4v) is 5.58. The zero-order chi connectivity index (χ0) is 20.6. The second-order valence-corrected chi connectivity index (χ2v) is 8.69. The molecule has 4 aromatic rings. The lowest BCUT2D eigenvalue weighted by atomic mass is 9.86. The van der Waals surface area contributed by atoms with Crippen LogP contribution in [-0.2, 0) is 4.79 Å². The van der Waals surface area contributed by atoms with Crippen LogP contribution >= 0.6 is 11.3 Å². The Kier molecular flexibility index (Phi) is 3.44. The van der Waals surface area contributed by atoms with E-state index in [1.165, 1.54) is 11.3 Å². The van der Waals surface area contributed by atoms with Gasteiger partial charge >= 0.3 is 0 Å². The predicted molar refractivity (Wildman–Crippen MR) is 115 cm³/mol. The fourth-order valence-electron chi connectivity index (χ4n) is 4.43. The zero-order valence-corrected chi connectivity index (χ0v) is 16.7. The van der Waals surface area contributed by atoms with Crippen LogP contribution in [0.2, 0.25) is 0 Å². The number of hydrogen-bond donors (Lipinski definition) is 1. The minimum atomic E-state index is -0.378. The van der Waals surface area contributed by atoms with Gasteiger partial charge in [-0.3, -0.25) is 19.0 Å². The summed E-state index contributed by atoms with van der Waals surface area (Å²) in [5.41, 5.74) is 4.31. The molecule has 2 aliphatic heterocycles. The molecule has 0 spiro atoms. The van der Waals surface area contributed by atoms with Crippen LogP contribution in [0.4, 0.5) is 5.00 Å². The van der Waals surface area contributed by atoms with Gasteiger partial charge in [0.15, 0.2) is 5.82 Å². The van der Waals surface area contributed by atoms with Crippen molar-refractivity contribution in [3.63, 3.8) is 0 Å². The minimum Gasteiger partial charge on any atom is -0.317 e. The Morgan fingerprint density at radius 2 is 1.77 bits per heavy atom. The van der Waals surface area contributed by atoms with E-state index in [0.29, 0.717) is 32.2 Å². The number of anilines is 1. The summed E-state index contributed by atoms with van der Waals surface area (Å²) in [6.45, 7) is 2.01. The smallest absolute Gasteiger partial charge is 0.291 e. The third-order valence-electron chi connectivity index (χ3n) is 5.83. The molecule has 2 aliphatic rings. The lowest BCUT2D eigenvalue weighted by Gasteiger charge is -2.24. The Morgan fingerprint density at radius 1 is 1.03 bits per heavy atom. The number of aryl methyl sites for hydroxylation is 1. The van der Waals surface area contributed by atoms with Gasteiger partial charge < -0.3 is 5.32 Å². The number of nitrogens with zero attached hydrogens (tertiary/aromatic N) is 2. The van der Waals surface area contributed by atoms with Crippen molar-refractivity contribution in [2.75, 3.05) is 5.32 Å². The van der Waals surface area contributed by atoms with Gasteiger partial charge in [0.05, 0.1) is 11.1 Å². The van der Waals surface area contributed by atoms with Crippen LogP contribution in [-0.4, -0.2) is 21.4 Å². The monoisotopic (exact) mass is 413 g/mol. The van der Waals surface area contributed by atoms with Crippen molar-refractivity contribution in [1.82, 2.24) is 9.55 Å². The summed E-state index contributed by atoms with van der Waals surface area (Å²) < 4.78 is 1.94. The van der Waals surface area contributed by atoms with Crippen molar-refractivity contribution in [2.45, 2.75) is 19.3 Å². The van der Waals surface area contributed by atoms with E-state index in [9.17, 15) is 14.4 Å². The number of fused-ring (bicyclic) bond motifs is 7. The summed E-state index contributed by atoms with van der Waals surface area (Å²) in [6.07, 6.45) is 0.259. The normalized spacial score (nSPS) is 16.9. The number of rotatable bonds is 1. The van der Waals surface area contributed by atoms with Crippen molar-refractivity contribution >= 4 is 38.4 Å². The van der Waals surface area contributed by atoms with Gasteiger partial charge in [0, 0.05) is 23.5 Å². The molecule has 0 saturated heterocycles. The first-order chi connectivity index (χ1) is 14.5. The lowest BCUT2D eigenvalue weighted by molar-refractivity contribution is -0.116. The van der Waals surface area contributed by atoms with Gasteiger partial charge in [-0.25, -0.2) is 0 Å². The Balaban J connectivity index is 1.71. The van der Waals surface area contributed by atoms with E-state index in [-0.39, 0.29) is 29.7 Å². The van der Waals surface area contributed by atoms with Crippen LogP contribution in [0.25, 0.3) is 21.6 Å². The van der Waals surface area contributed by atoms with E-state index < -0.39 is 0 Å². The number of aromatic nitrogens is 2. The standard InChI is InChI=1S/C23H15N3O3S/c1-11-6-8-12(9-7-11)15-10-16(27)24-22-17(15)18-19(30-22)21(28)25-20-13-4-2-3-5-14(13)23(29)26(18)20/h2-9,15H,10H2,1H3,(H,24,27). The van der Waals surface area contributed by atoms with E-state index in [4.69, 9.17) is 0 Å². The molecule has 1 N–H and O–H groups in total. The average molecular weight is 413 g/mol. The first-order valence-corrected chi connectivity index (χ1v) is 10.4. The highest BCUT2D eigenvalue weighted by Crippen LogP contribution is 2.47. The molecule has 6 rings (SSSR count). The number of thiophene rings is 1. The number of amides is 1. The van der Waals surface area contributed by atoms with E-state index in [0.717, 1.165) is 16.7 Å². The summed E-state index contributed by atoms with van der Waals surface area (Å²) >= 11 is 1.20. The van der Waals surface area contributed by atoms with Gasteiger partial charge in [-0.1, -0.05) is 48.0 Å². The van der Waals surface area contributed by atoms with E-state index in [2.05, 4.69) is 10.3 Å². The van der Waals surface area contributed by atoms with E-state index in [1.807, 2.05) is 43.3 Å². The van der Waals surface area contributed by atoms with Crippen molar-refractivity contribution in [1.29, 1.82) is 0 Å². The van der Waals surface area contributed by atoms with Crippen molar-refractivity contribution in [3.8, 4) is 11.4 Å². The molecule has 0 bridgehead atoms. The van der Waals surface area contributed by atoms with Crippen LogP contribution in [0.5, 0.6) is 0 Å². The summed E-state index contributed by atoms with van der Waals surface area (Å²) in [6, 6.07) is 15.2. The lowest BCUT2D eigenvalue weighted by Crippen LogP contribution is -2.23. The second kappa shape index (κ2) is 5.96.